The average Bonchev–Trinajstić information content (AvgIpc) is 3.10. The molecule has 3 rings (SSSR count). The Labute approximate surface area is 158 Å². The third kappa shape index (κ3) is 4.82. The average molecular weight is 375 g/mol. The van der Waals surface area contributed by atoms with E-state index in [2.05, 4.69) is 44.7 Å². The molecule has 0 saturated carbocycles. The molecule has 1 fully saturated rings. The van der Waals surface area contributed by atoms with Gasteiger partial charge in [0.2, 0.25) is 11.1 Å². The molecule has 8 heteroatoms. The van der Waals surface area contributed by atoms with Gasteiger partial charge in [0.15, 0.2) is 0 Å². The lowest BCUT2D eigenvalue weighted by Gasteiger charge is -2.34. The van der Waals surface area contributed by atoms with Crippen molar-refractivity contribution in [3.05, 3.63) is 35.9 Å². The van der Waals surface area contributed by atoms with E-state index < -0.39 is 0 Å². The van der Waals surface area contributed by atoms with Crippen LogP contribution in [0.1, 0.15) is 26.3 Å². The van der Waals surface area contributed by atoms with Crippen LogP contribution in [0.15, 0.2) is 35.5 Å². The van der Waals surface area contributed by atoms with Crippen molar-refractivity contribution in [3.8, 4) is 0 Å². The molecule has 1 aromatic carbocycles. The van der Waals surface area contributed by atoms with Crippen molar-refractivity contribution in [1.29, 1.82) is 0 Å². The lowest BCUT2D eigenvalue weighted by atomic mass is 10.1. The van der Waals surface area contributed by atoms with Gasteiger partial charge in [-0.05, 0) is 36.8 Å². The number of amides is 1. The lowest BCUT2D eigenvalue weighted by Crippen LogP contribution is -2.48. The van der Waals surface area contributed by atoms with Crippen molar-refractivity contribution < 1.29 is 4.79 Å². The SMILES string of the molecule is CC(C)(C)n1nnnc1SCC(=O)N1CCN(Cc2ccccc2)CC1. The molecule has 26 heavy (non-hydrogen) atoms. The number of carbonyl (C=O) groups is 1. The molecule has 1 aliphatic heterocycles. The van der Waals surface area contributed by atoms with Crippen LogP contribution in [-0.4, -0.2) is 67.8 Å². The van der Waals surface area contributed by atoms with Gasteiger partial charge in [-0.3, -0.25) is 9.69 Å². The van der Waals surface area contributed by atoms with E-state index in [9.17, 15) is 4.79 Å². The van der Waals surface area contributed by atoms with Crippen molar-refractivity contribution in [2.24, 2.45) is 0 Å². The molecule has 0 unspecified atom stereocenters. The van der Waals surface area contributed by atoms with Gasteiger partial charge >= 0.3 is 0 Å². The number of piperazine rings is 1. The summed E-state index contributed by atoms with van der Waals surface area (Å²) in [6.07, 6.45) is 0. The van der Waals surface area contributed by atoms with E-state index in [0.717, 1.165) is 32.7 Å². The third-order valence-electron chi connectivity index (χ3n) is 4.38. The molecule has 1 saturated heterocycles. The molecule has 0 aliphatic carbocycles. The van der Waals surface area contributed by atoms with Crippen molar-refractivity contribution in [2.45, 2.75) is 38.0 Å². The maximum absolute atomic E-state index is 12.5. The van der Waals surface area contributed by atoms with Crippen molar-refractivity contribution >= 4 is 17.7 Å². The molecule has 2 heterocycles. The van der Waals surface area contributed by atoms with Gasteiger partial charge in [0, 0.05) is 32.7 Å². The minimum absolute atomic E-state index is 0.151. The second-order valence-electron chi connectivity index (χ2n) is 7.48. The molecule has 1 aromatic heterocycles. The smallest absolute Gasteiger partial charge is 0.233 e. The van der Waals surface area contributed by atoms with Crippen molar-refractivity contribution in [1.82, 2.24) is 30.0 Å². The highest BCUT2D eigenvalue weighted by atomic mass is 32.2. The van der Waals surface area contributed by atoms with Gasteiger partial charge in [0.05, 0.1) is 11.3 Å². The molecule has 1 aliphatic rings. The summed E-state index contributed by atoms with van der Waals surface area (Å²) in [5, 5.41) is 12.5. The van der Waals surface area contributed by atoms with E-state index in [4.69, 9.17) is 0 Å². The predicted octanol–water partition coefficient (Wildman–Crippen LogP) is 1.86. The van der Waals surface area contributed by atoms with Crippen LogP contribution in [-0.2, 0) is 16.9 Å². The van der Waals surface area contributed by atoms with Crippen LogP contribution in [0, 0.1) is 0 Å². The number of benzene rings is 1. The number of aromatic nitrogens is 4. The molecule has 140 valence electrons. The van der Waals surface area contributed by atoms with Gasteiger partial charge in [0.1, 0.15) is 0 Å². The van der Waals surface area contributed by atoms with Crippen LogP contribution < -0.4 is 0 Å². The Morgan fingerprint density at radius 1 is 1.12 bits per heavy atom. The van der Waals surface area contributed by atoms with Gasteiger partial charge < -0.3 is 4.90 Å². The number of hydrogen-bond acceptors (Lipinski definition) is 6. The Morgan fingerprint density at radius 3 is 2.46 bits per heavy atom. The first-order chi connectivity index (χ1) is 12.4. The first-order valence-electron chi connectivity index (χ1n) is 8.89. The van der Waals surface area contributed by atoms with E-state index >= 15 is 0 Å². The van der Waals surface area contributed by atoms with Crippen LogP contribution in [0.3, 0.4) is 0 Å². The molecule has 0 bridgehead atoms. The minimum Gasteiger partial charge on any atom is -0.339 e. The Kier molecular flexibility index (Phi) is 5.93. The first kappa shape index (κ1) is 18.8. The zero-order valence-corrected chi connectivity index (χ0v) is 16.4. The largest absolute Gasteiger partial charge is 0.339 e. The predicted molar refractivity (Wildman–Crippen MR) is 102 cm³/mol. The van der Waals surface area contributed by atoms with E-state index in [1.54, 1.807) is 4.68 Å². The molecule has 2 aromatic rings. The summed E-state index contributed by atoms with van der Waals surface area (Å²) in [6, 6.07) is 10.5. The minimum atomic E-state index is -0.196. The fourth-order valence-electron chi connectivity index (χ4n) is 2.90. The van der Waals surface area contributed by atoms with Gasteiger partial charge in [-0.2, -0.15) is 0 Å². The number of nitrogens with zero attached hydrogens (tertiary/aromatic N) is 6. The van der Waals surface area contributed by atoms with E-state index in [0.29, 0.717) is 10.9 Å². The standard InChI is InChI=1S/C18H26N6OS/c1-18(2,3)24-17(19-20-21-24)26-14-16(25)23-11-9-22(10-12-23)13-15-7-5-4-6-8-15/h4-8H,9-14H2,1-3H3. The van der Waals surface area contributed by atoms with E-state index in [1.165, 1.54) is 17.3 Å². The lowest BCUT2D eigenvalue weighted by molar-refractivity contribution is -0.130. The molecular weight excluding hydrogens is 348 g/mol. The van der Waals surface area contributed by atoms with Crippen LogP contribution in [0.4, 0.5) is 0 Å². The molecule has 1 amide bonds. The molecule has 0 atom stereocenters. The van der Waals surface area contributed by atoms with E-state index in [1.807, 2.05) is 31.7 Å². The highest BCUT2D eigenvalue weighted by Gasteiger charge is 2.24. The first-order valence-corrected chi connectivity index (χ1v) is 9.88. The zero-order chi connectivity index (χ0) is 18.6. The number of thioether (sulfide) groups is 1. The molecule has 7 nitrogen and oxygen atoms in total. The van der Waals surface area contributed by atoms with Gasteiger partial charge in [-0.1, -0.05) is 42.1 Å². The number of rotatable bonds is 5. The summed E-state index contributed by atoms with van der Waals surface area (Å²) in [4.78, 5) is 16.9. The van der Waals surface area contributed by atoms with Gasteiger partial charge in [-0.25, -0.2) is 4.68 Å². The van der Waals surface area contributed by atoms with Crippen LogP contribution >= 0.6 is 11.8 Å². The summed E-state index contributed by atoms with van der Waals surface area (Å²) < 4.78 is 1.77. The summed E-state index contributed by atoms with van der Waals surface area (Å²) in [5.74, 6) is 0.521. The summed E-state index contributed by atoms with van der Waals surface area (Å²) in [5.41, 5.74) is 1.12. The van der Waals surface area contributed by atoms with E-state index in [-0.39, 0.29) is 11.4 Å². The Balaban J connectivity index is 1.46. The molecule has 0 spiro atoms. The number of carbonyl (C=O) groups excluding carboxylic acids is 1. The molecule has 0 radical (unpaired) electrons. The fraction of sp³-hybridized carbons (Fsp3) is 0.556. The molecular formula is C18H26N6OS. The van der Waals surface area contributed by atoms with Crippen molar-refractivity contribution in [2.75, 3.05) is 31.9 Å². The number of tetrazole rings is 1. The third-order valence-corrected chi connectivity index (χ3v) is 5.28. The summed E-state index contributed by atoms with van der Waals surface area (Å²) in [7, 11) is 0. The highest BCUT2D eigenvalue weighted by Crippen LogP contribution is 2.21. The maximum atomic E-state index is 12.5. The fourth-order valence-corrected chi connectivity index (χ4v) is 3.87. The zero-order valence-electron chi connectivity index (χ0n) is 15.6. The van der Waals surface area contributed by atoms with Gasteiger partial charge in [-0.15, -0.1) is 5.10 Å². The second-order valence-corrected chi connectivity index (χ2v) is 8.42. The van der Waals surface area contributed by atoms with Crippen LogP contribution in [0.25, 0.3) is 0 Å². The van der Waals surface area contributed by atoms with Crippen molar-refractivity contribution in [3.63, 3.8) is 0 Å². The second kappa shape index (κ2) is 8.18. The Bertz CT molecular complexity index is 719. The quantitative estimate of drug-likeness (QED) is 0.745. The highest BCUT2D eigenvalue weighted by molar-refractivity contribution is 7.99. The summed E-state index contributed by atoms with van der Waals surface area (Å²) >= 11 is 1.41. The normalized spacial score (nSPS) is 16.0. The van der Waals surface area contributed by atoms with Gasteiger partial charge in [0.25, 0.3) is 0 Å². The Morgan fingerprint density at radius 2 is 1.81 bits per heavy atom. The van der Waals surface area contributed by atoms with Crippen LogP contribution in [0.5, 0.6) is 0 Å². The Hall–Kier alpha value is -1.93. The topological polar surface area (TPSA) is 67.2 Å². The van der Waals surface area contributed by atoms with Crippen LogP contribution in [0.2, 0.25) is 0 Å². The number of hydrogen-bond donors (Lipinski definition) is 0. The molecule has 0 N–H and O–H groups in total. The maximum Gasteiger partial charge on any atom is 0.233 e. The summed E-state index contributed by atoms with van der Waals surface area (Å²) in [6.45, 7) is 10.4. The monoisotopic (exact) mass is 374 g/mol.